The summed E-state index contributed by atoms with van der Waals surface area (Å²) in [6.45, 7) is 4.08. The summed E-state index contributed by atoms with van der Waals surface area (Å²) in [5.41, 5.74) is 3.11. The summed E-state index contributed by atoms with van der Waals surface area (Å²) in [6.07, 6.45) is 0. The Labute approximate surface area is 146 Å². The molecule has 0 saturated carbocycles. The van der Waals surface area contributed by atoms with Crippen LogP contribution in [0.1, 0.15) is 5.69 Å². The molecule has 0 atom stereocenters. The highest BCUT2D eigenvalue weighted by Gasteiger charge is 2.12. The van der Waals surface area contributed by atoms with Gasteiger partial charge in [0.25, 0.3) is 0 Å². The monoisotopic (exact) mass is 351 g/mol. The van der Waals surface area contributed by atoms with Crippen LogP contribution in [-0.2, 0) is 11.3 Å². The number of nitrogens with zero attached hydrogens (tertiary/aromatic N) is 3. The number of hydrogen-bond donors (Lipinski definition) is 0. The van der Waals surface area contributed by atoms with Crippen LogP contribution >= 0.6 is 23.2 Å². The Balaban J connectivity index is 1.69. The smallest absolute Gasteiger partial charge is 0.129 e. The molecule has 1 fully saturated rings. The van der Waals surface area contributed by atoms with Gasteiger partial charge in [-0.1, -0.05) is 23.2 Å². The Hall–Kier alpha value is -1.49. The van der Waals surface area contributed by atoms with E-state index in [0.29, 0.717) is 16.7 Å². The largest absolute Gasteiger partial charge is 0.378 e. The maximum Gasteiger partial charge on any atom is 0.129 e. The molecule has 1 aromatic carbocycles. The number of anilines is 2. The summed E-state index contributed by atoms with van der Waals surface area (Å²) in [4.78, 5) is 8.74. The minimum atomic E-state index is 0.459. The predicted octanol–water partition coefficient (Wildman–Crippen LogP) is 3.86. The lowest BCUT2D eigenvalue weighted by atomic mass is 10.2. The molecule has 2 aromatic rings. The minimum Gasteiger partial charge on any atom is -0.378 e. The molecule has 4 nitrogen and oxygen atoms in total. The number of aromatic nitrogens is 1. The van der Waals surface area contributed by atoms with Crippen molar-refractivity contribution in [2.45, 2.75) is 6.54 Å². The number of morpholine rings is 1. The van der Waals surface area contributed by atoms with Crippen molar-refractivity contribution in [2.24, 2.45) is 0 Å². The van der Waals surface area contributed by atoms with Gasteiger partial charge in [-0.3, -0.25) is 0 Å². The number of halogens is 2. The first-order chi connectivity index (χ1) is 11.1. The van der Waals surface area contributed by atoms with Crippen molar-refractivity contribution in [2.75, 3.05) is 43.2 Å². The number of pyridine rings is 1. The third-order valence-electron chi connectivity index (χ3n) is 3.94. The zero-order valence-corrected chi connectivity index (χ0v) is 14.5. The molecule has 2 heterocycles. The highest BCUT2D eigenvalue weighted by Crippen LogP contribution is 2.24. The van der Waals surface area contributed by atoms with Crippen molar-refractivity contribution in [3.05, 3.63) is 52.3 Å². The van der Waals surface area contributed by atoms with E-state index in [1.54, 1.807) is 12.1 Å². The summed E-state index contributed by atoms with van der Waals surface area (Å²) in [5, 5.41) is 1.09. The molecule has 0 radical (unpaired) electrons. The Morgan fingerprint density at radius 2 is 1.78 bits per heavy atom. The standard InChI is InChI=1S/C17H19Cl2N3O/c1-21(12-16-15(18)6-7-17(19)20-16)13-2-4-14(5-3-13)22-8-10-23-11-9-22/h2-7H,8-12H2,1H3. The zero-order valence-electron chi connectivity index (χ0n) is 13.0. The molecule has 0 amide bonds. The molecule has 1 aliphatic heterocycles. The van der Waals surface area contributed by atoms with E-state index in [4.69, 9.17) is 27.9 Å². The van der Waals surface area contributed by atoms with Crippen LogP contribution in [0.5, 0.6) is 0 Å². The minimum absolute atomic E-state index is 0.459. The lowest BCUT2D eigenvalue weighted by Crippen LogP contribution is -2.36. The zero-order chi connectivity index (χ0) is 16.2. The predicted molar refractivity (Wildman–Crippen MR) is 95.8 cm³/mol. The molecule has 3 rings (SSSR count). The van der Waals surface area contributed by atoms with Gasteiger partial charge in [0.2, 0.25) is 0 Å². The molecule has 1 aromatic heterocycles. The first-order valence-corrected chi connectivity index (χ1v) is 8.34. The Kier molecular flexibility index (Phi) is 5.26. The second kappa shape index (κ2) is 7.39. The fraction of sp³-hybridized carbons (Fsp3) is 0.353. The lowest BCUT2D eigenvalue weighted by Gasteiger charge is -2.29. The van der Waals surface area contributed by atoms with E-state index in [2.05, 4.69) is 39.0 Å². The maximum absolute atomic E-state index is 6.19. The third-order valence-corrected chi connectivity index (χ3v) is 4.49. The van der Waals surface area contributed by atoms with Gasteiger partial charge in [0.05, 0.1) is 30.5 Å². The number of hydrogen-bond acceptors (Lipinski definition) is 4. The summed E-state index contributed by atoms with van der Waals surface area (Å²) < 4.78 is 5.39. The molecule has 0 spiro atoms. The van der Waals surface area contributed by atoms with Gasteiger partial charge in [-0.15, -0.1) is 0 Å². The Morgan fingerprint density at radius 3 is 2.48 bits per heavy atom. The normalized spacial score (nSPS) is 14.8. The van der Waals surface area contributed by atoms with E-state index in [9.17, 15) is 0 Å². The quantitative estimate of drug-likeness (QED) is 0.782. The van der Waals surface area contributed by atoms with Crippen LogP contribution < -0.4 is 9.80 Å². The SMILES string of the molecule is CN(Cc1nc(Cl)ccc1Cl)c1ccc(N2CCOCC2)cc1. The van der Waals surface area contributed by atoms with E-state index in [1.165, 1.54) is 5.69 Å². The van der Waals surface area contributed by atoms with Gasteiger partial charge in [-0.05, 0) is 36.4 Å². The first-order valence-electron chi connectivity index (χ1n) is 7.58. The van der Waals surface area contributed by atoms with E-state index < -0.39 is 0 Å². The molecule has 1 saturated heterocycles. The molecule has 0 N–H and O–H groups in total. The van der Waals surface area contributed by atoms with Crippen LogP contribution in [-0.4, -0.2) is 38.3 Å². The topological polar surface area (TPSA) is 28.6 Å². The average molecular weight is 352 g/mol. The van der Waals surface area contributed by atoms with Gasteiger partial charge in [0, 0.05) is 31.5 Å². The van der Waals surface area contributed by atoms with Gasteiger partial charge < -0.3 is 14.5 Å². The van der Waals surface area contributed by atoms with E-state index >= 15 is 0 Å². The van der Waals surface area contributed by atoms with Crippen molar-refractivity contribution in [3.8, 4) is 0 Å². The molecule has 0 unspecified atom stereocenters. The highest BCUT2D eigenvalue weighted by atomic mass is 35.5. The second-order valence-electron chi connectivity index (χ2n) is 5.53. The van der Waals surface area contributed by atoms with Crippen LogP contribution in [0.25, 0.3) is 0 Å². The van der Waals surface area contributed by atoms with Crippen LogP contribution in [0.2, 0.25) is 10.2 Å². The first kappa shape index (κ1) is 16.4. The molecule has 1 aliphatic rings. The summed E-state index contributed by atoms with van der Waals surface area (Å²) in [7, 11) is 2.02. The Morgan fingerprint density at radius 1 is 1.09 bits per heavy atom. The van der Waals surface area contributed by atoms with Crippen LogP contribution in [0, 0.1) is 0 Å². The third kappa shape index (κ3) is 4.08. The van der Waals surface area contributed by atoms with Crippen LogP contribution in [0.15, 0.2) is 36.4 Å². The van der Waals surface area contributed by atoms with Gasteiger partial charge in [0.15, 0.2) is 0 Å². The molecule has 6 heteroatoms. The molecule has 122 valence electrons. The molecule has 23 heavy (non-hydrogen) atoms. The average Bonchev–Trinajstić information content (AvgIpc) is 2.59. The fourth-order valence-electron chi connectivity index (χ4n) is 2.62. The van der Waals surface area contributed by atoms with E-state index in [1.807, 2.05) is 7.05 Å². The van der Waals surface area contributed by atoms with Gasteiger partial charge in [0.1, 0.15) is 5.15 Å². The summed E-state index contributed by atoms with van der Waals surface area (Å²) in [6, 6.07) is 12.0. The molecule has 0 bridgehead atoms. The summed E-state index contributed by atoms with van der Waals surface area (Å²) >= 11 is 12.1. The maximum atomic E-state index is 6.19. The van der Waals surface area contributed by atoms with Gasteiger partial charge in [-0.25, -0.2) is 4.98 Å². The number of ether oxygens (including phenoxy) is 1. The van der Waals surface area contributed by atoms with Crippen LogP contribution in [0.3, 0.4) is 0 Å². The van der Waals surface area contributed by atoms with E-state index in [-0.39, 0.29) is 0 Å². The molecule has 0 aliphatic carbocycles. The number of benzene rings is 1. The van der Waals surface area contributed by atoms with Crippen molar-refractivity contribution >= 4 is 34.6 Å². The highest BCUT2D eigenvalue weighted by molar-refractivity contribution is 6.32. The summed E-state index contributed by atoms with van der Waals surface area (Å²) in [5.74, 6) is 0. The van der Waals surface area contributed by atoms with Crippen molar-refractivity contribution < 1.29 is 4.74 Å². The van der Waals surface area contributed by atoms with Gasteiger partial charge >= 0.3 is 0 Å². The van der Waals surface area contributed by atoms with Crippen molar-refractivity contribution in [1.82, 2.24) is 4.98 Å². The van der Waals surface area contributed by atoms with Gasteiger partial charge in [-0.2, -0.15) is 0 Å². The Bertz CT molecular complexity index is 657. The second-order valence-corrected chi connectivity index (χ2v) is 6.33. The van der Waals surface area contributed by atoms with Crippen LogP contribution in [0.4, 0.5) is 11.4 Å². The fourth-order valence-corrected chi connectivity index (χ4v) is 2.95. The lowest BCUT2D eigenvalue weighted by molar-refractivity contribution is 0.122. The molecular weight excluding hydrogens is 333 g/mol. The van der Waals surface area contributed by atoms with E-state index in [0.717, 1.165) is 37.7 Å². The number of rotatable bonds is 4. The van der Waals surface area contributed by atoms with Crippen molar-refractivity contribution in [1.29, 1.82) is 0 Å². The van der Waals surface area contributed by atoms with Crippen molar-refractivity contribution in [3.63, 3.8) is 0 Å². The molecular formula is C17H19Cl2N3O.